The van der Waals surface area contributed by atoms with E-state index in [0.29, 0.717) is 12.8 Å². The molecule has 1 amide bonds. The van der Waals surface area contributed by atoms with Crippen molar-refractivity contribution in [3.05, 3.63) is 63.0 Å². The number of allylic oxidation sites excluding steroid dienone is 2. The molecule has 1 aliphatic heterocycles. The Balaban J connectivity index is 1.92. The third kappa shape index (κ3) is 2.73. The zero-order chi connectivity index (χ0) is 18.3. The maximum Gasteiger partial charge on any atom is 0.232 e. The standard InChI is InChI=1S/C22H23NO2S/c1-3-15-8-4-7-14(2)22(15)23-17-9-5-10-18(24)21(17)16(13-20(23)25)19-11-6-12-26-19/h4,6-8,11-12,16H,3,5,9-10,13H2,1-2H3. The van der Waals surface area contributed by atoms with E-state index in [0.717, 1.165) is 52.2 Å². The number of ketones is 1. The molecular formula is C22H23NO2S. The monoisotopic (exact) mass is 365 g/mol. The first kappa shape index (κ1) is 17.2. The van der Waals surface area contributed by atoms with Crippen LogP contribution in [0.15, 0.2) is 47.0 Å². The number of hydrogen-bond acceptors (Lipinski definition) is 3. The molecule has 0 saturated carbocycles. The van der Waals surface area contributed by atoms with Crippen molar-refractivity contribution in [2.75, 3.05) is 4.90 Å². The molecule has 0 N–H and O–H groups in total. The Morgan fingerprint density at radius 2 is 2.00 bits per heavy atom. The van der Waals surface area contributed by atoms with E-state index in [4.69, 9.17) is 0 Å². The zero-order valence-electron chi connectivity index (χ0n) is 15.2. The second-order valence-corrected chi connectivity index (χ2v) is 8.05. The number of rotatable bonds is 3. The molecule has 0 fully saturated rings. The fourth-order valence-corrected chi connectivity index (χ4v) is 5.15. The van der Waals surface area contributed by atoms with Crippen molar-refractivity contribution in [2.45, 2.75) is 51.9 Å². The average molecular weight is 365 g/mol. The van der Waals surface area contributed by atoms with Crippen molar-refractivity contribution < 1.29 is 9.59 Å². The smallest absolute Gasteiger partial charge is 0.232 e. The number of carbonyl (C=O) groups excluding carboxylic acids is 2. The van der Waals surface area contributed by atoms with Gasteiger partial charge in [0.05, 0.1) is 5.69 Å². The van der Waals surface area contributed by atoms with Crippen LogP contribution in [0.5, 0.6) is 0 Å². The van der Waals surface area contributed by atoms with Gasteiger partial charge in [-0.05, 0) is 48.8 Å². The van der Waals surface area contributed by atoms with Crippen LogP contribution in [0.4, 0.5) is 5.69 Å². The molecule has 26 heavy (non-hydrogen) atoms. The van der Waals surface area contributed by atoms with Gasteiger partial charge in [-0.25, -0.2) is 0 Å². The van der Waals surface area contributed by atoms with Crippen LogP contribution in [-0.4, -0.2) is 11.7 Å². The van der Waals surface area contributed by atoms with Gasteiger partial charge in [-0.1, -0.05) is 31.2 Å². The summed E-state index contributed by atoms with van der Waals surface area (Å²) in [5.74, 6) is 0.255. The lowest BCUT2D eigenvalue weighted by atomic mass is 9.79. The van der Waals surface area contributed by atoms with Crippen molar-refractivity contribution in [2.24, 2.45) is 0 Å². The molecule has 0 spiro atoms. The highest BCUT2D eigenvalue weighted by molar-refractivity contribution is 7.10. The molecule has 4 rings (SSSR count). The van der Waals surface area contributed by atoms with Gasteiger partial charge in [0, 0.05) is 34.9 Å². The quantitative estimate of drug-likeness (QED) is 0.755. The Bertz CT molecular complexity index is 895. The van der Waals surface area contributed by atoms with Crippen LogP contribution in [0.3, 0.4) is 0 Å². The summed E-state index contributed by atoms with van der Waals surface area (Å²) in [6.45, 7) is 4.17. The lowest BCUT2D eigenvalue weighted by Crippen LogP contribution is -2.41. The molecule has 2 aromatic rings. The summed E-state index contributed by atoms with van der Waals surface area (Å²) < 4.78 is 0. The van der Waals surface area contributed by atoms with Crippen LogP contribution in [0.2, 0.25) is 0 Å². The van der Waals surface area contributed by atoms with Crippen LogP contribution < -0.4 is 4.90 Å². The predicted molar refractivity (Wildman–Crippen MR) is 106 cm³/mol. The average Bonchev–Trinajstić information content (AvgIpc) is 3.16. The van der Waals surface area contributed by atoms with Gasteiger partial charge in [0.25, 0.3) is 0 Å². The second kappa shape index (κ2) is 6.84. The topological polar surface area (TPSA) is 37.4 Å². The molecule has 1 unspecified atom stereocenters. The highest BCUT2D eigenvalue weighted by atomic mass is 32.1. The number of hydrogen-bond donors (Lipinski definition) is 0. The number of para-hydroxylation sites is 1. The number of benzene rings is 1. The summed E-state index contributed by atoms with van der Waals surface area (Å²) in [4.78, 5) is 29.1. The maximum absolute atomic E-state index is 13.3. The Morgan fingerprint density at radius 3 is 2.73 bits per heavy atom. The van der Waals surface area contributed by atoms with Crippen LogP contribution in [0.25, 0.3) is 0 Å². The summed E-state index contributed by atoms with van der Waals surface area (Å²) in [5.41, 5.74) is 5.07. The van der Waals surface area contributed by atoms with Crippen LogP contribution in [0.1, 0.15) is 54.5 Å². The van der Waals surface area contributed by atoms with E-state index in [1.54, 1.807) is 11.3 Å². The Hall–Kier alpha value is -2.20. The first-order chi connectivity index (χ1) is 12.6. The number of nitrogens with zero attached hydrogens (tertiary/aromatic N) is 1. The Labute approximate surface area is 158 Å². The fourth-order valence-electron chi connectivity index (χ4n) is 4.31. The molecule has 1 atom stereocenters. The van der Waals surface area contributed by atoms with Crippen molar-refractivity contribution in [3.8, 4) is 0 Å². The van der Waals surface area contributed by atoms with Crippen LogP contribution in [0, 0.1) is 6.92 Å². The molecular weight excluding hydrogens is 342 g/mol. The summed E-state index contributed by atoms with van der Waals surface area (Å²) in [6, 6.07) is 10.2. The minimum Gasteiger partial charge on any atom is -0.294 e. The Kier molecular flexibility index (Phi) is 4.53. The molecule has 0 bridgehead atoms. The van der Waals surface area contributed by atoms with Gasteiger partial charge in [-0.15, -0.1) is 11.3 Å². The van der Waals surface area contributed by atoms with Crippen molar-refractivity contribution in [1.29, 1.82) is 0 Å². The molecule has 2 heterocycles. The SMILES string of the molecule is CCc1cccc(C)c1N1C(=O)CC(c2cccs2)C2=C1CCCC2=O. The van der Waals surface area contributed by atoms with Gasteiger partial charge in [-0.3, -0.25) is 14.5 Å². The van der Waals surface area contributed by atoms with E-state index in [2.05, 4.69) is 32.0 Å². The third-order valence-electron chi connectivity index (χ3n) is 5.49. The number of Topliss-reactive ketones (excluding diaryl/α,β-unsaturated/α-hetero) is 1. The van der Waals surface area contributed by atoms with E-state index >= 15 is 0 Å². The van der Waals surface area contributed by atoms with E-state index in [9.17, 15) is 9.59 Å². The van der Waals surface area contributed by atoms with Gasteiger partial charge in [0.15, 0.2) is 5.78 Å². The molecule has 0 saturated heterocycles. The highest BCUT2D eigenvalue weighted by Crippen LogP contribution is 2.45. The molecule has 1 aliphatic carbocycles. The summed E-state index contributed by atoms with van der Waals surface area (Å²) >= 11 is 1.64. The molecule has 1 aromatic carbocycles. The lowest BCUT2D eigenvalue weighted by molar-refractivity contribution is -0.119. The predicted octanol–water partition coefficient (Wildman–Crippen LogP) is 5.15. The Morgan fingerprint density at radius 1 is 1.15 bits per heavy atom. The second-order valence-electron chi connectivity index (χ2n) is 7.07. The minimum absolute atomic E-state index is 0.0735. The van der Waals surface area contributed by atoms with E-state index in [1.807, 2.05) is 22.4 Å². The number of carbonyl (C=O) groups is 2. The number of aryl methyl sites for hydroxylation is 2. The van der Waals surface area contributed by atoms with Gasteiger partial charge in [-0.2, -0.15) is 0 Å². The summed E-state index contributed by atoms with van der Waals surface area (Å²) in [5, 5.41) is 2.02. The van der Waals surface area contributed by atoms with Crippen molar-refractivity contribution in [3.63, 3.8) is 0 Å². The van der Waals surface area contributed by atoms with Crippen molar-refractivity contribution in [1.82, 2.24) is 0 Å². The third-order valence-corrected chi connectivity index (χ3v) is 6.47. The lowest BCUT2D eigenvalue weighted by Gasteiger charge is -2.39. The first-order valence-electron chi connectivity index (χ1n) is 9.33. The van der Waals surface area contributed by atoms with Crippen LogP contribution >= 0.6 is 11.3 Å². The molecule has 134 valence electrons. The summed E-state index contributed by atoms with van der Waals surface area (Å²) in [7, 11) is 0. The molecule has 4 heteroatoms. The van der Waals surface area contributed by atoms with Gasteiger partial charge >= 0.3 is 0 Å². The molecule has 3 nitrogen and oxygen atoms in total. The van der Waals surface area contributed by atoms with Crippen LogP contribution in [-0.2, 0) is 16.0 Å². The van der Waals surface area contributed by atoms with Crippen molar-refractivity contribution >= 4 is 28.7 Å². The highest BCUT2D eigenvalue weighted by Gasteiger charge is 2.40. The number of thiophene rings is 1. The number of amides is 1. The van der Waals surface area contributed by atoms with Gasteiger partial charge < -0.3 is 0 Å². The summed E-state index contributed by atoms with van der Waals surface area (Å²) in [6.07, 6.45) is 3.46. The largest absolute Gasteiger partial charge is 0.294 e. The molecule has 1 aromatic heterocycles. The first-order valence-corrected chi connectivity index (χ1v) is 10.2. The van der Waals surface area contributed by atoms with Gasteiger partial charge in [0.2, 0.25) is 5.91 Å². The normalized spacial score (nSPS) is 20.5. The van der Waals surface area contributed by atoms with Gasteiger partial charge in [0.1, 0.15) is 0 Å². The zero-order valence-corrected chi connectivity index (χ0v) is 16.1. The fraction of sp³-hybridized carbons (Fsp3) is 0.364. The maximum atomic E-state index is 13.3. The van der Waals surface area contributed by atoms with E-state index in [1.165, 1.54) is 0 Å². The molecule has 2 aliphatic rings. The number of anilines is 1. The van der Waals surface area contributed by atoms with E-state index in [-0.39, 0.29) is 17.6 Å². The van der Waals surface area contributed by atoms with E-state index < -0.39 is 0 Å². The minimum atomic E-state index is -0.0735. The molecule has 0 radical (unpaired) electrons.